The van der Waals surface area contributed by atoms with Crippen molar-refractivity contribution in [2.24, 2.45) is 0 Å². The van der Waals surface area contributed by atoms with Gasteiger partial charge in [0.15, 0.2) is 0 Å². The maximum absolute atomic E-state index is 12.7. The molecule has 2 aliphatic rings. The quantitative estimate of drug-likeness (QED) is 0.849. The summed E-state index contributed by atoms with van der Waals surface area (Å²) in [5.41, 5.74) is 1.21. The Kier molecular flexibility index (Phi) is 2.74. The first-order chi connectivity index (χ1) is 10.6. The highest BCUT2D eigenvalue weighted by Gasteiger charge is 2.38. The summed E-state index contributed by atoms with van der Waals surface area (Å²) in [6.45, 7) is 0.182. The topological polar surface area (TPSA) is 69.7 Å². The second-order valence-electron chi connectivity index (χ2n) is 5.14. The SMILES string of the molecule is O=C1CCN(N2C(=O)c3cccc4c(Br)ccc2c34)C(=O)N1. The number of nitrogens with one attached hydrogen (secondary N) is 1. The lowest BCUT2D eigenvalue weighted by molar-refractivity contribution is -0.121. The molecule has 1 N–H and O–H groups in total. The standard InChI is InChI=1S/C15H10BrN3O3/c16-10-4-5-11-13-8(10)2-1-3-9(13)14(21)19(11)18-7-6-12(20)17-15(18)22/h1-5H,6-7H2,(H,17,20,22). The van der Waals surface area contributed by atoms with E-state index < -0.39 is 6.03 Å². The van der Waals surface area contributed by atoms with E-state index in [1.807, 2.05) is 18.2 Å². The zero-order valence-corrected chi connectivity index (χ0v) is 12.9. The molecule has 0 bridgehead atoms. The Morgan fingerprint density at radius 1 is 1.09 bits per heavy atom. The first-order valence-electron chi connectivity index (χ1n) is 6.75. The first kappa shape index (κ1) is 13.3. The van der Waals surface area contributed by atoms with Crippen LogP contribution >= 0.6 is 15.9 Å². The molecule has 2 aromatic carbocycles. The molecule has 1 saturated heterocycles. The number of hydrogen-bond acceptors (Lipinski definition) is 3. The number of hydrazine groups is 1. The van der Waals surface area contributed by atoms with Crippen LogP contribution in [0.15, 0.2) is 34.8 Å². The van der Waals surface area contributed by atoms with Crippen LogP contribution in [-0.4, -0.2) is 29.4 Å². The summed E-state index contributed by atoms with van der Waals surface area (Å²) in [6, 6.07) is 8.54. The molecule has 0 spiro atoms. The van der Waals surface area contributed by atoms with Crippen LogP contribution in [0.25, 0.3) is 10.8 Å². The molecule has 2 heterocycles. The summed E-state index contributed by atoms with van der Waals surface area (Å²) in [4.78, 5) is 36.1. The number of imide groups is 1. The molecule has 6 nitrogen and oxygen atoms in total. The van der Waals surface area contributed by atoms with Crippen LogP contribution in [0.2, 0.25) is 0 Å². The summed E-state index contributed by atoms with van der Waals surface area (Å²) in [5, 5.41) is 6.61. The molecule has 1 fully saturated rings. The number of carbonyl (C=O) groups is 3. The molecule has 110 valence electrons. The molecule has 7 heteroatoms. The minimum absolute atomic E-state index is 0.172. The number of halogens is 1. The van der Waals surface area contributed by atoms with Gasteiger partial charge in [0.1, 0.15) is 0 Å². The maximum Gasteiger partial charge on any atom is 0.343 e. The molecule has 0 unspecified atom stereocenters. The molecule has 0 saturated carbocycles. The molecule has 0 aliphatic carbocycles. The molecule has 4 rings (SSSR count). The summed E-state index contributed by atoms with van der Waals surface area (Å²) in [5.74, 6) is -0.588. The third-order valence-corrected chi connectivity index (χ3v) is 4.58. The number of nitrogens with zero attached hydrogens (tertiary/aromatic N) is 2. The van der Waals surface area contributed by atoms with Gasteiger partial charge in [0.2, 0.25) is 5.91 Å². The molecule has 2 aliphatic heterocycles. The summed E-state index contributed by atoms with van der Waals surface area (Å²) in [7, 11) is 0. The molecule has 0 atom stereocenters. The van der Waals surface area contributed by atoms with Crippen molar-refractivity contribution in [1.29, 1.82) is 0 Å². The molecule has 22 heavy (non-hydrogen) atoms. The van der Waals surface area contributed by atoms with E-state index in [0.717, 1.165) is 15.2 Å². The number of benzene rings is 2. The Labute approximate surface area is 133 Å². The maximum atomic E-state index is 12.7. The van der Waals surface area contributed by atoms with E-state index in [4.69, 9.17) is 0 Å². The Bertz CT molecular complexity index is 864. The molecule has 4 amide bonds. The van der Waals surface area contributed by atoms with Crippen LogP contribution in [-0.2, 0) is 4.79 Å². The van der Waals surface area contributed by atoms with Crippen molar-refractivity contribution in [2.45, 2.75) is 6.42 Å². The van der Waals surface area contributed by atoms with E-state index in [2.05, 4.69) is 21.2 Å². The zero-order valence-electron chi connectivity index (χ0n) is 11.3. The fourth-order valence-electron chi connectivity index (χ4n) is 2.92. The Morgan fingerprint density at radius 3 is 2.68 bits per heavy atom. The average Bonchev–Trinajstić information content (AvgIpc) is 2.78. The van der Waals surface area contributed by atoms with E-state index in [9.17, 15) is 14.4 Å². The summed E-state index contributed by atoms with van der Waals surface area (Å²) in [6.07, 6.45) is 0.172. The molecule has 0 aromatic heterocycles. The third-order valence-electron chi connectivity index (χ3n) is 3.89. The number of carbonyl (C=O) groups excluding carboxylic acids is 3. The molecular formula is C15H10BrN3O3. The normalized spacial score (nSPS) is 17.4. The zero-order chi connectivity index (χ0) is 15.4. The van der Waals surface area contributed by atoms with Crippen LogP contribution in [0, 0.1) is 0 Å². The first-order valence-corrected chi connectivity index (χ1v) is 7.54. The Balaban J connectivity index is 1.89. The summed E-state index contributed by atoms with van der Waals surface area (Å²) < 4.78 is 0.890. The molecule has 0 radical (unpaired) electrons. The number of rotatable bonds is 1. The highest BCUT2D eigenvalue weighted by molar-refractivity contribution is 9.10. The summed E-state index contributed by atoms with van der Waals surface area (Å²) >= 11 is 3.48. The van der Waals surface area contributed by atoms with Crippen LogP contribution in [0.4, 0.5) is 10.5 Å². The van der Waals surface area contributed by atoms with Gasteiger partial charge in [-0.2, -0.15) is 0 Å². The number of amides is 4. The van der Waals surface area contributed by atoms with Crippen LogP contribution < -0.4 is 10.3 Å². The lowest BCUT2D eigenvalue weighted by Crippen LogP contribution is -2.58. The number of urea groups is 1. The monoisotopic (exact) mass is 359 g/mol. The van der Waals surface area contributed by atoms with Gasteiger partial charge in [0.05, 0.1) is 17.8 Å². The number of anilines is 1. The van der Waals surface area contributed by atoms with Gasteiger partial charge in [-0.3, -0.25) is 14.9 Å². The van der Waals surface area contributed by atoms with Crippen LogP contribution in [0.1, 0.15) is 16.8 Å². The smallest absolute Gasteiger partial charge is 0.276 e. The van der Waals surface area contributed by atoms with Crippen LogP contribution in [0.3, 0.4) is 0 Å². The van der Waals surface area contributed by atoms with Gasteiger partial charge in [-0.1, -0.05) is 28.1 Å². The molecule has 2 aromatic rings. The minimum Gasteiger partial charge on any atom is -0.276 e. The van der Waals surface area contributed by atoms with E-state index in [0.29, 0.717) is 11.3 Å². The second kappa shape index (κ2) is 4.54. The van der Waals surface area contributed by atoms with Crippen LogP contribution in [0.5, 0.6) is 0 Å². The lowest BCUT2D eigenvalue weighted by Gasteiger charge is -2.34. The van der Waals surface area contributed by atoms with Gasteiger partial charge < -0.3 is 0 Å². The number of hydrogen-bond donors (Lipinski definition) is 1. The van der Waals surface area contributed by atoms with E-state index in [1.54, 1.807) is 12.1 Å². The van der Waals surface area contributed by atoms with Gasteiger partial charge in [-0.25, -0.2) is 14.8 Å². The van der Waals surface area contributed by atoms with E-state index >= 15 is 0 Å². The van der Waals surface area contributed by atoms with Gasteiger partial charge in [-0.05, 0) is 23.6 Å². The highest BCUT2D eigenvalue weighted by Crippen LogP contribution is 2.41. The Hall–Kier alpha value is -2.41. The van der Waals surface area contributed by atoms with E-state index in [-0.39, 0.29) is 24.8 Å². The van der Waals surface area contributed by atoms with Crippen molar-refractivity contribution < 1.29 is 14.4 Å². The van der Waals surface area contributed by atoms with Gasteiger partial charge in [0.25, 0.3) is 5.91 Å². The third kappa shape index (κ3) is 1.69. The highest BCUT2D eigenvalue weighted by atomic mass is 79.9. The fourth-order valence-corrected chi connectivity index (χ4v) is 3.38. The van der Waals surface area contributed by atoms with Crippen molar-refractivity contribution in [2.75, 3.05) is 11.6 Å². The largest absolute Gasteiger partial charge is 0.343 e. The van der Waals surface area contributed by atoms with E-state index in [1.165, 1.54) is 10.0 Å². The van der Waals surface area contributed by atoms with Crippen molar-refractivity contribution in [1.82, 2.24) is 10.3 Å². The van der Waals surface area contributed by atoms with Gasteiger partial charge in [-0.15, -0.1) is 0 Å². The van der Waals surface area contributed by atoms with Crippen molar-refractivity contribution >= 4 is 50.2 Å². The van der Waals surface area contributed by atoms with Crippen molar-refractivity contribution in [3.05, 3.63) is 40.4 Å². The lowest BCUT2D eigenvalue weighted by atomic mass is 10.1. The Morgan fingerprint density at radius 2 is 1.91 bits per heavy atom. The predicted molar refractivity (Wildman–Crippen MR) is 83.3 cm³/mol. The van der Waals surface area contributed by atoms with Crippen molar-refractivity contribution in [3.63, 3.8) is 0 Å². The molecular weight excluding hydrogens is 350 g/mol. The average molecular weight is 360 g/mol. The minimum atomic E-state index is -0.575. The van der Waals surface area contributed by atoms with Crippen molar-refractivity contribution in [3.8, 4) is 0 Å². The van der Waals surface area contributed by atoms with Gasteiger partial charge in [0, 0.05) is 16.3 Å². The predicted octanol–water partition coefficient (Wildman–Crippen LogP) is 2.42. The van der Waals surface area contributed by atoms with Gasteiger partial charge >= 0.3 is 6.03 Å². The fraction of sp³-hybridized carbons (Fsp3) is 0.133. The second-order valence-corrected chi connectivity index (χ2v) is 5.99.